The van der Waals surface area contributed by atoms with E-state index in [1.54, 1.807) is 6.07 Å². The first-order chi connectivity index (χ1) is 7.43. The van der Waals surface area contributed by atoms with Crippen LogP contribution in [0.25, 0.3) is 0 Å². The average molecular weight is 249 g/mol. The Kier molecular flexibility index (Phi) is 4.08. The second-order valence-corrected chi connectivity index (χ2v) is 3.43. The summed E-state index contributed by atoms with van der Waals surface area (Å²) in [5.74, 6) is 5.00. The summed E-state index contributed by atoms with van der Waals surface area (Å²) in [5.41, 5.74) is 1.98. The zero-order chi connectivity index (χ0) is 12.2. The van der Waals surface area contributed by atoms with Crippen molar-refractivity contribution in [2.45, 2.75) is 12.7 Å². The van der Waals surface area contributed by atoms with Gasteiger partial charge in [0.25, 0.3) is 0 Å². The lowest BCUT2D eigenvalue weighted by Gasteiger charge is -2.10. The number of rotatable bonds is 2. The number of hydrazine groups is 1. The molecule has 3 nitrogen and oxygen atoms in total. The van der Waals surface area contributed by atoms with Gasteiger partial charge in [-0.05, 0) is 29.9 Å². The van der Waals surface area contributed by atoms with Gasteiger partial charge in [0.2, 0.25) is 0 Å². The van der Waals surface area contributed by atoms with Crippen molar-refractivity contribution in [3.63, 3.8) is 0 Å². The molecular weight excluding hydrogens is 239 g/mol. The number of halogens is 3. The van der Waals surface area contributed by atoms with Crippen LogP contribution in [0.5, 0.6) is 0 Å². The maximum absolute atomic E-state index is 12.4. The van der Waals surface area contributed by atoms with E-state index in [2.05, 4.69) is 10.7 Å². The molecule has 0 aliphatic carbocycles. The molecule has 4 N–H and O–H groups in total. The van der Waals surface area contributed by atoms with Crippen molar-refractivity contribution in [1.29, 1.82) is 0 Å². The summed E-state index contributed by atoms with van der Waals surface area (Å²) >= 11 is 4.69. The highest BCUT2D eigenvalue weighted by atomic mass is 32.1. The summed E-state index contributed by atoms with van der Waals surface area (Å²) in [6.45, 7) is 0.187. The molecule has 0 heterocycles. The van der Waals surface area contributed by atoms with E-state index in [-0.39, 0.29) is 11.7 Å². The van der Waals surface area contributed by atoms with Crippen molar-refractivity contribution >= 4 is 17.3 Å². The Hall–Kier alpha value is -1.34. The van der Waals surface area contributed by atoms with Crippen molar-refractivity contribution in [1.82, 2.24) is 10.7 Å². The Labute approximate surface area is 95.8 Å². The molecule has 0 amide bonds. The van der Waals surface area contributed by atoms with Gasteiger partial charge in [0.15, 0.2) is 5.11 Å². The first-order valence-electron chi connectivity index (χ1n) is 4.34. The van der Waals surface area contributed by atoms with E-state index in [1.165, 1.54) is 6.07 Å². The molecule has 7 heteroatoms. The Morgan fingerprint density at radius 2 is 2.06 bits per heavy atom. The summed E-state index contributed by atoms with van der Waals surface area (Å²) < 4.78 is 37.1. The summed E-state index contributed by atoms with van der Waals surface area (Å²) in [6, 6.07) is 5.00. The van der Waals surface area contributed by atoms with Crippen molar-refractivity contribution < 1.29 is 13.2 Å². The Morgan fingerprint density at radius 3 is 2.62 bits per heavy atom. The van der Waals surface area contributed by atoms with E-state index in [4.69, 9.17) is 18.1 Å². The van der Waals surface area contributed by atoms with Crippen LogP contribution in [0, 0.1) is 0 Å². The first kappa shape index (κ1) is 12.7. The molecule has 0 unspecified atom stereocenters. The van der Waals surface area contributed by atoms with Gasteiger partial charge in [-0.2, -0.15) is 13.2 Å². The molecule has 0 saturated heterocycles. The van der Waals surface area contributed by atoms with Gasteiger partial charge >= 0.3 is 6.18 Å². The normalized spacial score (nSPS) is 11.0. The zero-order valence-electron chi connectivity index (χ0n) is 8.14. The number of thiocarbonyl (C=S) groups is 1. The molecule has 0 aliphatic rings. The molecule has 0 atom stereocenters. The number of hydrogen-bond acceptors (Lipinski definition) is 2. The third-order valence-electron chi connectivity index (χ3n) is 1.84. The van der Waals surface area contributed by atoms with Crippen LogP contribution in [0.15, 0.2) is 24.3 Å². The van der Waals surface area contributed by atoms with Crippen molar-refractivity contribution in [2.75, 3.05) is 0 Å². The minimum absolute atomic E-state index is 0.178. The molecule has 0 spiro atoms. The van der Waals surface area contributed by atoms with E-state index in [9.17, 15) is 13.2 Å². The number of nitrogens with two attached hydrogens (primary N) is 1. The molecule has 0 radical (unpaired) electrons. The lowest BCUT2D eigenvalue weighted by atomic mass is 10.1. The third-order valence-corrected chi connectivity index (χ3v) is 2.10. The van der Waals surface area contributed by atoms with Gasteiger partial charge in [0.1, 0.15) is 0 Å². The minimum Gasteiger partial charge on any atom is -0.358 e. The lowest BCUT2D eigenvalue weighted by Crippen LogP contribution is -2.39. The maximum Gasteiger partial charge on any atom is 0.416 e. The average Bonchev–Trinajstić information content (AvgIpc) is 2.25. The Bertz CT molecular complexity index is 379. The number of hydrogen-bond donors (Lipinski definition) is 3. The van der Waals surface area contributed by atoms with Gasteiger partial charge < -0.3 is 10.7 Å². The maximum atomic E-state index is 12.4. The molecule has 0 fully saturated rings. The molecule has 0 bridgehead atoms. The fraction of sp³-hybridized carbons (Fsp3) is 0.222. The highest BCUT2D eigenvalue weighted by Gasteiger charge is 2.30. The van der Waals surface area contributed by atoms with Crippen molar-refractivity contribution in [2.24, 2.45) is 5.84 Å². The molecule has 1 aromatic rings. The molecule has 1 aromatic carbocycles. The van der Waals surface area contributed by atoms with E-state index in [0.29, 0.717) is 5.56 Å². The summed E-state index contributed by atoms with van der Waals surface area (Å²) in [4.78, 5) is 0. The van der Waals surface area contributed by atoms with Gasteiger partial charge in [-0.25, -0.2) is 5.84 Å². The van der Waals surface area contributed by atoms with E-state index < -0.39 is 11.7 Å². The molecular formula is C9H10F3N3S. The fourth-order valence-electron chi connectivity index (χ4n) is 1.09. The minimum atomic E-state index is -4.33. The van der Waals surface area contributed by atoms with Crippen LogP contribution < -0.4 is 16.6 Å². The monoisotopic (exact) mass is 249 g/mol. The number of benzene rings is 1. The van der Waals surface area contributed by atoms with Gasteiger partial charge in [0.05, 0.1) is 5.56 Å². The lowest BCUT2D eigenvalue weighted by molar-refractivity contribution is -0.137. The van der Waals surface area contributed by atoms with Crippen molar-refractivity contribution in [3.05, 3.63) is 35.4 Å². The van der Waals surface area contributed by atoms with Crippen LogP contribution in [0.3, 0.4) is 0 Å². The van der Waals surface area contributed by atoms with Crippen LogP contribution in [-0.4, -0.2) is 5.11 Å². The second kappa shape index (κ2) is 5.13. The molecule has 0 aromatic heterocycles. The number of nitrogens with one attached hydrogen (secondary N) is 2. The van der Waals surface area contributed by atoms with Gasteiger partial charge in [-0.3, -0.25) is 0 Å². The van der Waals surface area contributed by atoms with E-state index >= 15 is 0 Å². The highest BCUT2D eigenvalue weighted by Crippen LogP contribution is 2.29. The van der Waals surface area contributed by atoms with Crippen molar-refractivity contribution in [3.8, 4) is 0 Å². The molecule has 0 saturated carbocycles. The van der Waals surface area contributed by atoms with Gasteiger partial charge in [-0.15, -0.1) is 0 Å². The van der Waals surface area contributed by atoms with E-state index in [0.717, 1.165) is 12.1 Å². The van der Waals surface area contributed by atoms with Crippen LogP contribution in [0.1, 0.15) is 11.1 Å². The van der Waals surface area contributed by atoms with E-state index in [1.807, 2.05) is 0 Å². The Morgan fingerprint density at radius 1 is 1.38 bits per heavy atom. The molecule has 16 heavy (non-hydrogen) atoms. The fourth-order valence-corrected chi connectivity index (χ4v) is 1.16. The summed E-state index contributed by atoms with van der Waals surface area (Å²) in [6.07, 6.45) is -4.33. The molecule has 0 aliphatic heterocycles. The topological polar surface area (TPSA) is 50.1 Å². The van der Waals surface area contributed by atoms with Gasteiger partial charge in [-0.1, -0.05) is 12.1 Å². The largest absolute Gasteiger partial charge is 0.416 e. The summed E-state index contributed by atoms with van der Waals surface area (Å²) in [5, 5.41) is 2.83. The van der Waals surface area contributed by atoms with Gasteiger partial charge in [0, 0.05) is 6.54 Å². The standard InChI is InChI=1S/C9H10F3N3S/c10-9(11,12)7-3-1-2-6(4-7)5-14-8(16)15-13/h1-4H,5,13H2,(H2,14,15,16). The molecule has 88 valence electrons. The highest BCUT2D eigenvalue weighted by molar-refractivity contribution is 7.80. The number of alkyl halides is 3. The van der Waals surface area contributed by atoms with Crippen LogP contribution in [-0.2, 0) is 12.7 Å². The quantitative estimate of drug-likeness (QED) is 0.423. The van der Waals surface area contributed by atoms with Crippen LogP contribution >= 0.6 is 12.2 Å². The molecule has 1 rings (SSSR count). The second-order valence-electron chi connectivity index (χ2n) is 3.03. The Balaban J connectivity index is 2.72. The first-order valence-corrected chi connectivity index (χ1v) is 4.75. The smallest absolute Gasteiger partial charge is 0.358 e. The predicted molar refractivity (Wildman–Crippen MR) is 58.2 cm³/mol. The zero-order valence-corrected chi connectivity index (χ0v) is 8.95. The predicted octanol–water partition coefficient (Wildman–Crippen LogP) is 1.54. The van der Waals surface area contributed by atoms with Crippen LogP contribution in [0.2, 0.25) is 0 Å². The third kappa shape index (κ3) is 3.67. The SMILES string of the molecule is NNC(=S)NCc1cccc(C(F)(F)F)c1. The summed E-state index contributed by atoms with van der Waals surface area (Å²) in [7, 11) is 0. The van der Waals surface area contributed by atoms with Crippen LogP contribution in [0.4, 0.5) is 13.2 Å².